The zero-order valence-electron chi connectivity index (χ0n) is 30.7. The molecule has 0 spiro atoms. The van der Waals surface area contributed by atoms with Crippen LogP contribution in [0.3, 0.4) is 0 Å². The normalized spacial score (nSPS) is 38.6. The van der Waals surface area contributed by atoms with E-state index in [1.54, 1.807) is 11.0 Å². The number of fused-ring (bicyclic) bond motifs is 7. The van der Waals surface area contributed by atoms with Crippen LogP contribution in [0.5, 0.6) is 0 Å². The molecule has 0 bridgehead atoms. The number of nitrogens with zero attached hydrogens (tertiary/aromatic N) is 1. The van der Waals surface area contributed by atoms with Crippen LogP contribution in [0.2, 0.25) is 0 Å². The smallest absolute Gasteiger partial charge is 0.415 e. The number of hydrogen-bond acceptors (Lipinski definition) is 5. The number of allylic oxidation sites excluding steroid dienone is 7. The van der Waals surface area contributed by atoms with E-state index < -0.39 is 11.5 Å². The third-order valence-electron chi connectivity index (χ3n) is 14.8. The summed E-state index contributed by atoms with van der Waals surface area (Å²) in [5.74, 6) is 0.249. The summed E-state index contributed by atoms with van der Waals surface area (Å²) in [4.78, 5) is 42.6. The number of rotatable bonds is 4. The maximum absolute atomic E-state index is 13.8. The first-order valence-corrected chi connectivity index (χ1v) is 18.8. The number of hydrogen-bond donors (Lipinski definition) is 0. The Labute approximate surface area is 293 Å². The highest BCUT2D eigenvalue weighted by Gasteiger charge is 2.67. The Hall–Kier alpha value is -3.41. The zero-order valence-corrected chi connectivity index (χ0v) is 30.7. The van der Waals surface area contributed by atoms with E-state index in [1.807, 2.05) is 37.3 Å². The van der Waals surface area contributed by atoms with E-state index in [9.17, 15) is 14.4 Å². The molecule has 5 aliphatic carbocycles. The monoisotopic (exact) mass is 665 g/mol. The lowest BCUT2D eigenvalue weighted by Crippen LogP contribution is -2.62. The Morgan fingerprint density at radius 3 is 2.39 bits per heavy atom. The molecule has 0 aromatic heterocycles. The molecule has 7 atom stereocenters. The van der Waals surface area contributed by atoms with Crippen LogP contribution >= 0.6 is 0 Å². The van der Waals surface area contributed by atoms with Gasteiger partial charge < -0.3 is 14.4 Å². The second-order valence-corrected chi connectivity index (χ2v) is 17.6. The summed E-state index contributed by atoms with van der Waals surface area (Å²) < 4.78 is 11.9. The summed E-state index contributed by atoms with van der Waals surface area (Å²) in [6.45, 7) is 16.9. The minimum Gasteiger partial charge on any atom is -0.460 e. The van der Waals surface area contributed by atoms with E-state index in [0.29, 0.717) is 19.1 Å². The quantitative estimate of drug-likeness (QED) is 0.300. The fraction of sp³-hybridized carbons (Fsp3) is 0.605. The Morgan fingerprint density at radius 2 is 1.65 bits per heavy atom. The summed E-state index contributed by atoms with van der Waals surface area (Å²) in [5.41, 5.74) is 4.49. The van der Waals surface area contributed by atoms with E-state index in [4.69, 9.17) is 9.47 Å². The molecule has 1 aliphatic heterocycles. The van der Waals surface area contributed by atoms with Crippen LogP contribution < -0.4 is 0 Å². The SMILES string of the molecule is CC1=C(OC(=O)N2CCCCC2C)C(=O)C=C2C1=CC=C1[C@@]2(C)CC[C@@]2(C)[C@@H]3C[C@](C)(C(=O)OCc4ccccc4)CC[C@]3(C)CC[C@]12C. The molecular formula is C43H55NO5. The lowest BCUT2D eigenvalue weighted by molar-refractivity contribution is -0.183. The summed E-state index contributed by atoms with van der Waals surface area (Å²) >= 11 is 0. The molecule has 7 rings (SSSR count). The van der Waals surface area contributed by atoms with Crippen molar-refractivity contribution in [2.45, 2.75) is 125 Å². The summed E-state index contributed by atoms with van der Waals surface area (Å²) in [5, 5.41) is 0. The topological polar surface area (TPSA) is 72.9 Å². The average Bonchev–Trinajstić information content (AvgIpc) is 3.08. The van der Waals surface area contributed by atoms with Crippen molar-refractivity contribution in [1.82, 2.24) is 4.90 Å². The second-order valence-electron chi connectivity index (χ2n) is 17.6. The molecule has 6 nitrogen and oxygen atoms in total. The number of benzene rings is 1. The number of carbonyl (C=O) groups excluding carboxylic acids is 3. The molecule has 4 fully saturated rings. The maximum atomic E-state index is 13.8. The van der Waals surface area contributed by atoms with Crippen molar-refractivity contribution in [3.05, 3.63) is 82.2 Å². The Balaban J connectivity index is 1.18. The molecule has 1 aromatic rings. The van der Waals surface area contributed by atoms with E-state index in [1.165, 1.54) is 5.57 Å². The highest BCUT2D eigenvalue weighted by Crippen LogP contribution is 2.75. The van der Waals surface area contributed by atoms with Gasteiger partial charge in [0.25, 0.3) is 0 Å². The van der Waals surface area contributed by atoms with Crippen LogP contribution in [0.15, 0.2) is 76.6 Å². The molecule has 0 N–H and O–H groups in total. The molecule has 6 heteroatoms. The van der Waals surface area contributed by atoms with Gasteiger partial charge in [-0.3, -0.25) is 9.59 Å². The van der Waals surface area contributed by atoms with Crippen molar-refractivity contribution in [3.63, 3.8) is 0 Å². The van der Waals surface area contributed by atoms with Crippen LogP contribution in [0, 0.1) is 33.0 Å². The molecule has 1 heterocycles. The van der Waals surface area contributed by atoms with Crippen molar-refractivity contribution in [1.29, 1.82) is 0 Å². The maximum Gasteiger partial charge on any atom is 0.415 e. The molecule has 262 valence electrons. The van der Waals surface area contributed by atoms with Gasteiger partial charge in [0.1, 0.15) is 6.61 Å². The summed E-state index contributed by atoms with van der Waals surface area (Å²) in [6, 6.07) is 10.1. The molecule has 1 saturated heterocycles. The number of likely N-dealkylation sites (tertiary alicyclic amines) is 1. The molecule has 49 heavy (non-hydrogen) atoms. The first kappa shape index (κ1) is 34.1. The van der Waals surface area contributed by atoms with Crippen molar-refractivity contribution >= 4 is 17.8 Å². The molecular weight excluding hydrogens is 610 g/mol. The van der Waals surface area contributed by atoms with Gasteiger partial charge in [0.2, 0.25) is 5.78 Å². The van der Waals surface area contributed by atoms with Gasteiger partial charge in [0.05, 0.1) is 5.41 Å². The number of ether oxygens (including phenoxy) is 2. The predicted molar refractivity (Wildman–Crippen MR) is 191 cm³/mol. The second kappa shape index (κ2) is 11.8. The lowest BCUT2D eigenvalue weighted by Gasteiger charge is -2.70. The van der Waals surface area contributed by atoms with Crippen molar-refractivity contribution in [3.8, 4) is 0 Å². The minimum atomic E-state index is -0.519. The zero-order chi connectivity index (χ0) is 35.0. The number of ketones is 1. The summed E-state index contributed by atoms with van der Waals surface area (Å²) in [7, 11) is 0. The lowest BCUT2D eigenvalue weighted by atomic mass is 9.34. The molecule has 1 aromatic carbocycles. The van der Waals surface area contributed by atoms with E-state index >= 15 is 0 Å². The van der Waals surface area contributed by atoms with Crippen LogP contribution in [0.4, 0.5) is 4.79 Å². The highest BCUT2D eigenvalue weighted by atomic mass is 16.6. The summed E-state index contributed by atoms with van der Waals surface area (Å²) in [6.07, 6.45) is 15.8. The molecule has 1 unspecified atom stereocenters. The van der Waals surface area contributed by atoms with Crippen LogP contribution in [0.25, 0.3) is 0 Å². The van der Waals surface area contributed by atoms with Gasteiger partial charge in [-0.15, -0.1) is 0 Å². The van der Waals surface area contributed by atoms with Gasteiger partial charge in [-0.25, -0.2) is 4.79 Å². The molecule has 6 aliphatic rings. The van der Waals surface area contributed by atoms with Gasteiger partial charge in [-0.2, -0.15) is 0 Å². The van der Waals surface area contributed by atoms with E-state index in [0.717, 1.165) is 86.5 Å². The molecule has 1 amide bonds. The first-order valence-electron chi connectivity index (χ1n) is 18.8. The van der Waals surface area contributed by atoms with Gasteiger partial charge in [0.15, 0.2) is 5.76 Å². The third kappa shape index (κ3) is 5.21. The Bertz CT molecular complexity index is 1700. The predicted octanol–water partition coefficient (Wildman–Crippen LogP) is 9.81. The average molecular weight is 666 g/mol. The number of piperidine rings is 1. The minimum absolute atomic E-state index is 0.0198. The van der Waals surface area contributed by atoms with Gasteiger partial charge in [0, 0.05) is 23.6 Å². The van der Waals surface area contributed by atoms with Gasteiger partial charge in [-0.05, 0) is 130 Å². The van der Waals surface area contributed by atoms with E-state index in [2.05, 4.69) is 53.7 Å². The standard InChI is InChI=1S/C43H55NO5/c1-28-13-11-12-24-44(28)38(47)49-36-29(2)31-16-17-34-41(5,32(31)25-33(36)45)21-23-43(7)35-26-40(4,19-18-39(35,3)20-22-42(34,43)6)37(46)48-27-30-14-9-8-10-15-30/h8-10,14-17,25,28,35H,11-13,18-24,26-27H2,1-7H3/t28?,35-,39-,40-,41+,42-,43+/m1/s1. The Kier molecular flexibility index (Phi) is 8.23. The number of carbonyl (C=O) groups is 3. The molecule has 3 saturated carbocycles. The van der Waals surface area contributed by atoms with Crippen LogP contribution in [0.1, 0.15) is 118 Å². The third-order valence-corrected chi connectivity index (χ3v) is 14.8. The van der Waals surface area contributed by atoms with Gasteiger partial charge >= 0.3 is 12.1 Å². The number of esters is 1. The van der Waals surface area contributed by atoms with E-state index in [-0.39, 0.29) is 45.2 Å². The van der Waals surface area contributed by atoms with Crippen LogP contribution in [-0.2, 0) is 25.7 Å². The Morgan fingerprint density at radius 1 is 0.918 bits per heavy atom. The van der Waals surface area contributed by atoms with Gasteiger partial charge in [-0.1, -0.05) is 75.8 Å². The van der Waals surface area contributed by atoms with Crippen molar-refractivity contribution in [2.24, 2.45) is 33.0 Å². The van der Waals surface area contributed by atoms with Crippen molar-refractivity contribution in [2.75, 3.05) is 6.54 Å². The fourth-order valence-corrected chi connectivity index (χ4v) is 11.2. The van der Waals surface area contributed by atoms with Crippen molar-refractivity contribution < 1.29 is 23.9 Å². The highest BCUT2D eigenvalue weighted by molar-refractivity contribution is 6.08. The van der Waals surface area contributed by atoms with Crippen LogP contribution in [-0.4, -0.2) is 35.3 Å². The molecule has 0 radical (unpaired) electrons. The first-order chi connectivity index (χ1) is 23.2. The number of amides is 1. The fourth-order valence-electron chi connectivity index (χ4n) is 11.2. The largest absolute Gasteiger partial charge is 0.460 e.